The molecule has 0 radical (unpaired) electrons. The number of pyridine rings is 1. The third-order valence-electron chi connectivity index (χ3n) is 3.10. The molecule has 100 valence electrons. The van der Waals surface area contributed by atoms with Crippen LogP contribution in [0.4, 0.5) is 5.69 Å². The third-order valence-corrected chi connectivity index (χ3v) is 3.10. The van der Waals surface area contributed by atoms with Gasteiger partial charge < -0.3 is 4.98 Å². The molecular formula is C13H11N5O2. The van der Waals surface area contributed by atoms with Crippen LogP contribution >= 0.6 is 0 Å². The molecule has 0 amide bonds. The predicted octanol–water partition coefficient (Wildman–Crippen LogP) is 2.51. The number of aromatic amines is 1. The van der Waals surface area contributed by atoms with Crippen LogP contribution in [0.3, 0.4) is 0 Å². The van der Waals surface area contributed by atoms with Gasteiger partial charge in [-0.25, -0.2) is 4.98 Å². The van der Waals surface area contributed by atoms with Crippen LogP contribution in [0.2, 0.25) is 0 Å². The van der Waals surface area contributed by atoms with Crippen molar-refractivity contribution in [3.8, 4) is 11.3 Å². The second kappa shape index (κ2) is 4.30. The lowest BCUT2D eigenvalue weighted by atomic mass is 10.1. The highest BCUT2D eigenvalue weighted by Gasteiger charge is 2.17. The first-order valence-corrected chi connectivity index (χ1v) is 5.87. The molecule has 3 rings (SSSR count). The minimum absolute atomic E-state index is 0.0516. The van der Waals surface area contributed by atoms with Crippen molar-refractivity contribution in [2.45, 2.75) is 0 Å². The van der Waals surface area contributed by atoms with Crippen LogP contribution in [-0.4, -0.2) is 24.7 Å². The fraction of sp³-hybridized carbons (Fsp3) is 0.0769. The van der Waals surface area contributed by atoms with Crippen molar-refractivity contribution in [3.05, 3.63) is 46.9 Å². The number of nitrogens with one attached hydrogen (secondary N) is 1. The maximum Gasteiger partial charge on any atom is 0.295 e. The summed E-state index contributed by atoms with van der Waals surface area (Å²) in [5, 5.41) is 15.8. The van der Waals surface area contributed by atoms with Crippen LogP contribution in [0.1, 0.15) is 5.56 Å². The molecular weight excluding hydrogens is 258 g/mol. The standard InChI is InChI=1S/C13H11N5O2/c1-3-9-10-4-11(8-5-15-17(2)7-8)16-13(10)14-6-12(9)18(19)20/h3-7H,1H2,2H3,(H,14,16). The van der Waals surface area contributed by atoms with Gasteiger partial charge in [-0.15, -0.1) is 0 Å². The van der Waals surface area contributed by atoms with E-state index in [-0.39, 0.29) is 5.69 Å². The molecule has 3 aromatic heterocycles. The van der Waals surface area contributed by atoms with E-state index in [4.69, 9.17) is 0 Å². The van der Waals surface area contributed by atoms with Gasteiger partial charge in [0.15, 0.2) is 0 Å². The number of hydrogen-bond acceptors (Lipinski definition) is 4. The third kappa shape index (κ3) is 1.76. The molecule has 0 aliphatic heterocycles. The Morgan fingerprint density at radius 2 is 2.30 bits per heavy atom. The Hall–Kier alpha value is -2.96. The number of nitro groups is 1. The number of fused-ring (bicyclic) bond motifs is 1. The van der Waals surface area contributed by atoms with Crippen LogP contribution in [0, 0.1) is 10.1 Å². The zero-order valence-corrected chi connectivity index (χ0v) is 10.7. The van der Waals surface area contributed by atoms with Crippen molar-refractivity contribution in [3.63, 3.8) is 0 Å². The molecule has 0 unspecified atom stereocenters. The lowest BCUT2D eigenvalue weighted by molar-refractivity contribution is -0.385. The maximum atomic E-state index is 11.0. The molecule has 0 spiro atoms. The molecule has 0 fully saturated rings. The largest absolute Gasteiger partial charge is 0.339 e. The number of aryl methyl sites for hydroxylation is 1. The average Bonchev–Trinajstić information content (AvgIpc) is 3.02. The minimum Gasteiger partial charge on any atom is -0.339 e. The van der Waals surface area contributed by atoms with E-state index in [1.165, 1.54) is 12.3 Å². The van der Waals surface area contributed by atoms with E-state index in [0.717, 1.165) is 11.3 Å². The first kappa shape index (κ1) is 12.1. The summed E-state index contributed by atoms with van der Waals surface area (Å²) in [7, 11) is 1.82. The number of aromatic nitrogens is 4. The maximum absolute atomic E-state index is 11.0. The summed E-state index contributed by atoms with van der Waals surface area (Å²) >= 11 is 0. The molecule has 7 heteroatoms. The van der Waals surface area contributed by atoms with Gasteiger partial charge in [-0.05, 0) is 6.07 Å². The van der Waals surface area contributed by atoms with Crippen molar-refractivity contribution in [1.29, 1.82) is 0 Å². The van der Waals surface area contributed by atoms with Gasteiger partial charge in [-0.2, -0.15) is 5.10 Å². The van der Waals surface area contributed by atoms with Crippen molar-refractivity contribution in [1.82, 2.24) is 19.7 Å². The van der Waals surface area contributed by atoms with Gasteiger partial charge in [0.1, 0.15) is 11.8 Å². The number of nitrogens with zero attached hydrogens (tertiary/aromatic N) is 4. The zero-order chi connectivity index (χ0) is 14.3. The Morgan fingerprint density at radius 1 is 1.50 bits per heavy atom. The molecule has 0 atom stereocenters. The summed E-state index contributed by atoms with van der Waals surface area (Å²) in [5.74, 6) is 0. The van der Waals surface area contributed by atoms with Crippen molar-refractivity contribution in [2.75, 3.05) is 0 Å². The molecule has 0 bridgehead atoms. The topological polar surface area (TPSA) is 89.6 Å². The van der Waals surface area contributed by atoms with Gasteiger partial charge in [0.2, 0.25) is 0 Å². The summed E-state index contributed by atoms with van der Waals surface area (Å²) in [6.45, 7) is 3.65. The first-order chi connectivity index (χ1) is 9.60. The summed E-state index contributed by atoms with van der Waals surface area (Å²) in [6, 6.07) is 1.82. The fourth-order valence-corrected chi connectivity index (χ4v) is 2.16. The molecule has 0 saturated carbocycles. The van der Waals surface area contributed by atoms with Gasteiger partial charge >= 0.3 is 0 Å². The second-order valence-corrected chi connectivity index (χ2v) is 4.37. The predicted molar refractivity (Wildman–Crippen MR) is 75.0 cm³/mol. The highest BCUT2D eigenvalue weighted by atomic mass is 16.6. The Morgan fingerprint density at radius 3 is 2.90 bits per heavy atom. The number of H-pyrrole nitrogens is 1. The van der Waals surface area contributed by atoms with Crippen LogP contribution in [0.25, 0.3) is 28.4 Å². The van der Waals surface area contributed by atoms with E-state index in [9.17, 15) is 10.1 Å². The number of hydrogen-bond donors (Lipinski definition) is 1. The van der Waals surface area contributed by atoms with Crippen molar-refractivity contribution in [2.24, 2.45) is 7.05 Å². The van der Waals surface area contributed by atoms with E-state index in [1.807, 2.05) is 19.3 Å². The van der Waals surface area contributed by atoms with Crippen LogP contribution < -0.4 is 0 Å². The van der Waals surface area contributed by atoms with Crippen LogP contribution in [0.15, 0.2) is 31.2 Å². The molecule has 1 N–H and O–H groups in total. The van der Waals surface area contributed by atoms with E-state index in [0.29, 0.717) is 16.6 Å². The highest BCUT2D eigenvalue weighted by molar-refractivity contribution is 5.93. The molecule has 20 heavy (non-hydrogen) atoms. The highest BCUT2D eigenvalue weighted by Crippen LogP contribution is 2.30. The van der Waals surface area contributed by atoms with Crippen molar-refractivity contribution < 1.29 is 4.92 Å². The quantitative estimate of drug-likeness (QED) is 0.584. The number of rotatable bonds is 3. The summed E-state index contributed by atoms with van der Waals surface area (Å²) < 4.78 is 1.69. The fourth-order valence-electron chi connectivity index (χ4n) is 2.16. The SMILES string of the molecule is C=Cc1c([N+](=O)[O-])cnc2[nH]c(-c3cnn(C)c3)cc12. The molecule has 0 aromatic carbocycles. The molecule has 3 heterocycles. The van der Waals surface area contributed by atoms with Crippen LogP contribution in [-0.2, 0) is 7.05 Å². The van der Waals surface area contributed by atoms with E-state index in [2.05, 4.69) is 21.6 Å². The molecule has 0 aliphatic rings. The van der Waals surface area contributed by atoms with Crippen LogP contribution in [0.5, 0.6) is 0 Å². The normalized spacial score (nSPS) is 10.8. The molecule has 7 nitrogen and oxygen atoms in total. The van der Waals surface area contributed by atoms with Gasteiger partial charge in [0.05, 0.1) is 22.4 Å². The average molecular weight is 269 g/mol. The second-order valence-electron chi connectivity index (χ2n) is 4.37. The van der Waals surface area contributed by atoms with Gasteiger partial charge in [0.25, 0.3) is 5.69 Å². The van der Waals surface area contributed by atoms with E-state index in [1.54, 1.807) is 10.9 Å². The summed E-state index contributed by atoms with van der Waals surface area (Å²) in [5.41, 5.74) is 2.70. The lowest BCUT2D eigenvalue weighted by Gasteiger charge is -1.97. The molecule has 0 saturated heterocycles. The molecule has 3 aromatic rings. The lowest BCUT2D eigenvalue weighted by Crippen LogP contribution is -1.93. The Balaban J connectivity index is 2.25. The Kier molecular flexibility index (Phi) is 2.60. The summed E-state index contributed by atoms with van der Waals surface area (Å²) in [4.78, 5) is 17.8. The Labute approximate surface area is 113 Å². The molecule has 0 aliphatic carbocycles. The first-order valence-electron chi connectivity index (χ1n) is 5.87. The van der Waals surface area contributed by atoms with E-state index < -0.39 is 4.92 Å². The zero-order valence-electron chi connectivity index (χ0n) is 10.7. The monoisotopic (exact) mass is 269 g/mol. The Bertz CT molecular complexity index is 831. The summed E-state index contributed by atoms with van der Waals surface area (Å²) in [6.07, 6.45) is 6.28. The van der Waals surface area contributed by atoms with E-state index >= 15 is 0 Å². The van der Waals surface area contributed by atoms with Gasteiger partial charge in [0, 0.05) is 24.2 Å². The minimum atomic E-state index is -0.458. The van der Waals surface area contributed by atoms with Crippen molar-refractivity contribution >= 4 is 22.8 Å². The smallest absolute Gasteiger partial charge is 0.295 e. The van der Waals surface area contributed by atoms with Gasteiger partial charge in [-0.1, -0.05) is 12.7 Å². The van der Waals surface area contributed by atoms with Gasteiger partial charge in [-0.3, -0.25) is 14.8 Å².